The monoisotopic (exact) mass is 432 g/mol. The molecular formula is C18H17F5N4O3. The van der Waals surface area contributed by atoms with E-state index in [1.165, 1.54) is 17.2 Å². The van der Waals surface area contributed by atoms with Gasteiger partial charge in [-0.1, -0.05) is 6.07 Å². The van der Waals surface area contributed by atoms with Crippen LogP contribution < -0.4 is 10.6 Å². The molecule has 0 aromatic carbocycles. The van der Waals surface area contributed by atoms with Crippen molar-refractivity contribution in [2.24, 2.45) is 5.73 Å². The first-order valence-electron chi connectivity index (χ1n) is 8.55. The SMILES string of the molecule is NC(=O)c1cc(C(F)(F)F)cnc1N1CCC(F)(F)CC1.O=C(O)c1ccccn1. The second-order valence-electron chi connectivity index (χ2n) is 6.32. The summed E-state index contributed by atoms with van der Waals surface area (Å²) in [6.07, 6.45) is -3.55. The number of hydrogen-bond acceptors (Lipinski definition) is 5. The number of anilines is 1. The van der Waals surface area contributed by atoms with Gasteiger partial charge in [0.1, 0.15) is 11.5 Å². The van der Waals surface area contributed by atoms with E-state index in [2.05, 4.69) is 9.97 Å². The van der Waals surface area contributed by atoms with Gasteiger partial charge in [0.25, 0.3) is 11.8 Å². The maximum absolute atomic E-state index is 13.1. The summed E-state index contributed by atoms with van der Waals surface area (Å²) in [5.41, 5.74) is 3.62. The standard InChI is InChI=1S/C12H12F5N3O.C6H5NO2/c13-11(14)1-3-20(4-2-11)10-8(9(18)21)5-7(6-19-10)12(15,16)17;8-6(9)5-3-1-2-4-7-5/h5-6H,1-4H2,(H2,18,21);1-4H,(H,8,9). The van der Waals surface area contributed by atoms with Gasteiger partial charge in [0.05, 0.1) is 11.1 Å². The van der Waals surface area contributed by atoms with E-state index in [0.717, 1.165) is 0 Å². The molecule has 2 aromatic heterocycles. The number of aromatic nitrogens is 2. The highest BCUT2D eigenvalue weighted by Crippen LogP contribution is 2.34. The summed E-state index contributed by atoms with van der Waals surface area (Å²) in [5.74, 6) is -4.97. The Balaban J connectivity index is 0.000000297. The molecule has 7 nitrogen and oxygen atoms in total. The van der Waals surface area contributed by atoms with E-state index < -0.39 is 47.9 Å². The van der Waals surface area contributed by atoms with Crippen LogP contribution in [-0.4, -0.2) is 46.0 Å². The van der Waals surface area contributed by atoms with Gasteiger partial charge in [-0.25, -0.2) is 23.5 Å². The van der Waals surface area contributed by atoms with Crippen molar-refractivity contribution in [3.05, 3.63) is 53.5 Å². The fourth-order valence-electron chi connectivity index (χ4n) is 2.58. The van der Waals surface area contributed by atoms with Crippen LogP contribution >= 0.6 is 0 Å². The molecule has 1 aliphatic rings. The average Bonchev–Trinajstić information content (AvgIpc) is 2.68. The Morgan fingerprint density at radius 2 is 1.77 bits per heavy atom. The molecule has 1 aliphatic heterocycles. The fraction of sp³-hybridized carbons (Fsp3) is 0.333. The van der Waals surface area contributed by atoms with Crippen molar-refractivity contribution >= 4 is 17.7 Å². The van der Waals surface area contributed by atoms with Gasteiger partial charge in [0.15, 0.2) is 0 Å². The highest BCUT2D eigenvalue weighted by atomic mass is 19.4. The number of nitrogens with zero attached hydrogens (tertiary/aromatic N) is 3. The predicted molar refractivity (Wildman–Crippen MR) is 95.3 cm³/mol. The Labute approximate surface area is 167 Å². The third-order valence-corrected chi connectivity index (χ3v) is 4.14. The molecule has 3 rings (SSSR count). The van der Waals surface area contributed by atoms with Crippen LogP contribution in [0.2, 0.25) is 0 Å². The van der Waals surface area contributed by atoms with Gasteiger partial charge in [-0.3, -0.25) is 4.79 Å². The number of pyridine rings is 2. The van der Waals surface area contributed by atoms with Crippen molar-refractivity contribution < 1.29 is 36.6 Å². The molecule has 162 valence electrons. The number of aromatic carboxylic acids is 1. The van der Waals surface area contributed by atoms with Crippen LogP contribution in [0.15, 0.2) is 36.7 Å². The summed E-state index contributed by atoms with van der Waals surface area (Å²) >= 11 is 0. The minimum Gasteiger partial charge on any atom is -0.477 e. The molecule has 3 heterocycles. The lowest BCUT2D eigenvalue weighted by molar-refractivity contribution is -0.137. The molecule has 2 aromatic rings. The van der Waals surface area contributed by atoms with Crippen LogP contribution in [0.25, 0.3) is 0 Å². The van der Waals surface area contributed by atoms with E-state index in [9.17, 15) is 31.5 Å². The smallest absolute Gasteiger partial charge is 0.417 e. The van der Waals surface area contributed by atoms with Crippen molar-refractivity contribution in [1.29, 1.82) is 0 Å². The summed E-state index contributed by atoms with van der Waals surface area (Å²) in [5, 5.41) is 8.32. The molecule has 0 bridgehead atoms. The van der Waals surface area contributed by atoms with Gasteiger partial charge in [-0.05, 0) is 18.2 Å². The number of carboxylic acid groups (broad SMARTS) is 1. The van der Waals surface area contributed by atoms with Crippen molar-refractivity contribution in [2.75, 3.05) is 18.0 Å². The number of carbonyl (C=O) groups excluding carboxylic acids is 1. The zero-order valence-corrected chi connectivity index (χ0v) is 15.4. The average molecular weight is 432 g/mol. The molecule has 0 radical (unpaired) electrons. The zero-order chi connectivity index (χ0) is 22.5. The first-order chi connectivity index (χ1) is 13.9. The Kier molecular flexibility index (Phi) is 6.90. The summed E-state index contributed by atoms with van der Waals surface area (Å²) in [7, 11) is 0. The topological polar surface area (TPSA) is 109 Å². The molecule has 12 heteroatoms. The summed E-state index contributed by atoms with van der Waals surface area (Å²) in [6, 6.07) is 5.35. The summed E-state index contributed by atoms with van der Waals surface area (Å²) < 4.78 is 64.0. The quantitative estimate of drug-likeness (QED) is 0.721. The van der Waals surface area contributed by atoms with Crippen molar-refractivity contribution in [3.8, 4) is 0 Å². The molecule has 0 spiro atoms. The van der Waals surface area contributed by atoms with E-state index in [1.54, 1.807) is 12.1 Å². The van der Waals surface area contributed by atoms with E-state index in [-0.39, 0.29) is 24.6 Å². The Morgan fingerprint density at radius 1 is 1.13 bits per heavy atom. The van der Waals surface area contributed by atoms with Gasteiger partial charge < -0.3 is 15.7 Å². The third-order valence-electron chi connectivity index (χ3n) is 4.14. The number of primary amides is 1. The van der Waals surface area contributed by atoms with Crippen LogP contribution in [-0.2, 0) is 6.18 Å². The number of piperidine rings is 1. The molecular weight excluding hydrogens is 415 g/mol. The number of halogens is 5. The molecule has 0 aliphatic carbocycles. The molecule has 0 saturated carbocycles. The lowest BCUT2D eigenvalue weighted by atomic mass is 10.1. The second-order valence-corrected chi connectivity index (χ2v) is 6.32. The predicted octanol–water partition coefficient (Wildman–Crippen LogP) is 3.21. The summed E-state index contributed by atoms with van der Waals surface area (Å²) in [4.78, 5) is 30.0. The van der Waals surface area contributed by atoms with Gasteiger partial charge >= 0.3 is 12.1 Å². The summed E-state index contributed by atoms with van der Waals surface area (Å²) in [6.45, 7) is -0.211. The van der Waals surface area contributed by atoms with Crippen molar-refractivity contribution in [2.45, 2.75) is 24.9 Å². The minimum absolute atomic E-state index is 0.0810. The third kappa shape index (κ3) is 6.09. The number of rotatable bonds is 3. The van der Waals surface area contributed by atoms with Crippen LogP contribution in [0.4, 0.5) is 27.8 Å². The maximum atomic E-state index is 13.1. The highest BCUT2D eigenvalue weighted by molar-refractivity contribution is 5.98. The molecule has 1 saturated heterocycles. The first-order valence-corrected chi connectivity index (χ1v) is 8.55. The maximum Gasteiger partial charge on any atom is 0.417 e. The van der Waals surface area contributed by atoms with Crippen LogP contribution in [0.3, 0.4) is 0 Å². The molecule has 3 N–H and O–H groups in total. The molecule has 0 atom stereocenters. The number of carbonyl (C=O) groups is 2. The van der Waals surface area contributed by atoms with Crippen LogP contribution in [0, 0.1) is 0 Å². The zero-order valence-electron chi connectivity index (χ0n) is 15.4. The van der Waals surface area contributed by atoms with E-state index >= 15 is 0 Å². The molecule has 0 unspecified atom stereocenters. The van der Waals surface area contributed by atoms with Crippen LogP contribution in [0.5, 0.6) is 0 Å². The van der Waals surface area contributed by atoms with Gasteiger partial charge in [-0.2, -0.15) is 13.2 Å². The van der Waals surface area contributed by atoms with E-state index in [1.807, 2.05) is 0 Å². The number of hydrogen-bond donors (Lipinski definition) is 2. The molecule has 1 fully saturated rings. The fourth-order valence-corrected chi connectivity index (χ4v) is 2.58. The number of amides is 1. The van der Waals surface area contributed by atoms with Crippen LogP contribution in [0.1, 0.15) is 39.3 Å². The van der Waals surface area contributed by atoms with Crippen molar-refractivity contribution in [1.82, 2.24) is 9.97 Å². The van der Waals surface area contributed by atoms with Gasteiger partial charge in [0.2, 0.25) is 0 Å². The number of alkyl halides is 5. The lowest BCUT2D eigenvalue weighted by Crippen LogP contribution is -2.40. The Bertz CT molecular complexity index is 896. The molecule has 1 amide bonds. The lowest BCUT2D eigenvalue weighted by Gasteiger charge is -2.33. The largest absolute Gasteiger partial charge is 0.477 e. The highest BCUT2D eigenvalue weighted by Gasteiger charge is 2.37. The Hall–Kier alpha value is -3.31. The number of nitrogens with two attached hydrogens (primary N) is 1. The second kappa shape index (κ2) is 9.01. The normalized spacial score (nSPS) is 15.7. The Morgan fingerprint density at radius 3 is 2.20 bits per heavy atom. The first kappa shape index (κ1) is 23.0. The van der Waals surface area contributed by atoms with E-state index in [0.29, 0.717) is 12.3 Å². The van der Waals surface area contributed by atoms with E-state index in [4.69, 9.17) is 10.8 Å². The van der Waals surface area contributed by atoms with Crippen molar-refractivity contribution in [3.63, 3.8) is 0 Å². The van der Waals surface area contributed by atoms with Gasteiger partial charge in [-0.15, -0.1) is 0 Å². The molecule has 30 heavy (non-hydrogen) atoms. The van der Waals surface area contributed by atoms with Gasteiger partial charge in [0, 0.05) is 38.3 Å². The minimum atomic E-state index is -4.66. The number of carboxylic acids is 1.